The number of hydrogen-bond donors (Lipinski definition) is 0. The van der Waals surface area contributed by atoms with E-state index >= 15 is 0 Å². The summed E-state index contributed by atoms with van der Waals surface area (Å²) in [6.45, 7) is 6.28. The maximum atomic E-state index is 12.9. The Hall–Kier alpha value is -2.51. The summed E-state index contributed by atoms with van der Waals surface area (Å²) in [6.07, 6.45) is 3.34. The zero-order valence-corrected chi connectivity index (χ0v) is 17.2. The van der Waals surface area contributed by atoms with Gasteiger partial charge in [-0.2, -0.15) is 0 Å². The molecule has 5 rings (SSSR count). The number of ether oxygens (including phenoxy) is 1. The molecular formula is C23H28N4O3. The van der Waals surface area contributed by atoms with Gasteiger partial charge in [-0.1, -0.05) is 6.07 Å². The van der Waals surface area contributed by atoms with Crippen LogP contribution in [0.4, 0.5) is 0 Å². The van der Waals surface area contributed by atoms with Crippen LogP contribution in [0.15, 0.2) is 41.3 Å². The van der Waals surface area contributed by atoms with E-state index in [1.807, 2.05) is 27.7 Å². The Bertz CT molecular complexity index is 968. The molecule has 0 N–H and O–H groups in total. The highest BCUT2D eigenvalue weighted by molar-refractivity contribution is 5.76. The molecule has 158 valence electrons. The van der Waals surface area contributed by atoms with Gasteiger partial charge in [0, 0.05) is 75.1 Å². The first-order chi connectivity index (χ1) is 14.7. The quantitative estimate of drug-likeness (QED) is 0.768. The number of piperidine rings is 1. The van der Waals surface area contributed by atoms with E-state index in [1.54, 1.807) is 12.3 Å². The smallest absolute Gasteiger partial charge is 0.251 e. The third-order valence-electron chi connectivity index (χ3n) is 6.62. The predicted octanol–water partition coefficient (Wildman–Crippen LogP) is 1.58. The summed E-state index contributed by atoms with van der Waals surface area (Å²) in [5.41, 5.74) is 2.76. The number of carbonyl (C=O) groups excluding carboxylic acids is 1. The van der Waals surface area contributed by atoms with Gasteiger partial charge in [0.25, 0.3) is 5.56 Å². The fourth-order valence-corrected chi connectivity index (χ4v) is 5.08. The Balaban J connectivity index is 1.33. The Labute approximate surface area is 176 Å². The van der Waals surface area contributed by atoms with E-state index in [0.29, 0.717) is 25.4 Å². The second kappa shape index (κ2) is 8.32. The largest absolute Gasteiger partial charge is 0.379 e. The van der Waals surface area contributed by atoms with Crippen LogP contribution in [-0.4, -0.2) is 71.2 Å². The van der Waals surface area contributed by atoms with E-state index in [1.165, 1.54) is 0 Å². The minimum atomic E-state index is 0.0370. The van der Waals surface area contributed by atoms with Crippen LogP contribution in [-0.2, 0) is 16.1 Å². The SMILES string of the molecule is O=C(CCN1CCOCC1)N1C[C@@H]2C[C@H](C1)c1cc(-c3ccccn3)cc(=O)n1C2. The van der Waals surface area contributed by atoms with Crippen LogP contribution in [0, 0.1) is 5.92 Å². The van der Waals surface area contributed by atoms with Crippen molar-refractivity contribution >= 4 is 5.91 Å². The number of morpholine rings is 1. The van der Waals surface area contributed by atoms with Crippen LogP contribution in [0.5, 0.6) is 0 Å². The molecule has 7 heteroatoms. The number of fused-ring (bicyclic) bond motifs is 4. The normalized spacial score (nSPS) is 23.8. The number of hydrogen-bond acceptors (Lipinski definition) is 5. The van der Waals surface area contributed by atoms with Gasteiger partial charge < -0.3 is 14.2 Å². The molecule has 0 aliphatic carbocycles. The zero-order valence-electron chi connectivity index (χ0n) is 17.2. The topological polar surface area (TPSA) is 67.7 Å². The van der Waals surface area contributed by atoms with Gasteiger partial charge in [0.2, 0.25) is 5.91 Å². The Morgan fingerprint density at radius 2 is 2.00 bits per heavy atom. The van der Waals surface area contributed by atoms with Gasteiger partial charge in [0.1, 0.15) is 0 Å². The molecule has 2 saturated heterocycles. The molecule has 7 nitrogen and oxygen atoms in total. The summed E-state index contributed by atoms with van der Waals surface area (Å²) in [7, 11) is 0. The van der Waals surface area contributed by atoms with Gasteiger partial charge >= 0.3 is 0 Å². The van der Waals surface area contributed by atoms with Gasteiger partial charge in [0.05, 0.1) is 18.9 Å². The molecule has 0 aromatic carbocycles. The van der Waals surface area contributed by atoms with Crippen LogP contribution < -0.4 is 5.56 Å². The molecule has 2 fully saturated rings. The Morgan fingerprint density at radius 3 is 2.80 bits per heavy atom. The summed E-state index contributed by atoms with van der Waals surface area (Å²) in [5.74, 6) is 0.788. The van der Waals surface area contributed by atoms with E-state index < -0.39 is 0 Å². The van der Waals surface area contributed by atoms with Gasteiger partial charge in [-0.3, -0.25) is 19.5 Å². The summed E-state index contributed by atoms with van der Waals surface area (Å²) in [5, 5.41) is 0. The molecule has 3 aliphatic rings. The Kier molecular flexibility index (Phi) is 5.39. The van der Waals surface area contributed by atoms with Crippen LogP contribution in [0.25, 0.3) is 11.3 Å². The minimum Gasteiger partial charge on any atom is -0.379 e. The third-order valence-corrected chi connectivity index (χ3v) is 6.62. The molecule has 0 spiro atoms. The first-order valence-electron chi connectivity index (χ1n) is 10.9. The van der Waals surface area contributed by atoms with Gasteiger partial charge in [0.15, 0.2) is 0 Å². The molecular weight excluding hydrogens is 380 g/mol. The minimum absolute atomic E-state index is 0.0370. The lowest BCUT2D eigenvalue weighted by atomic mass is 9.82. The molecule has 30 heavy (non-hydrogen) atoms. The third kappa shape index (κ3) is 3.91. The number of nitrogens with zero attached hydrogens (tertiary/aromatic N) is 4. The summed E-state index contributed by atoms with van der Waals surface area (Å²) in [6, 6.07) is 9.54. The van der Waals surface area contributed by atoms with Gasteiger partial charge in [-0.05, 0) is 30.5 Å². The van der Waals surface area contributed by atoms with Crippen molar-refractivity contribution in [3.8, 4) is 11.3 Å². The number of pyridine rings is 2. The average molecular weight is 409 g/mol. The van der Waals surface area contributed by atoms with Gasteiger partial charge in [-0.25, -0.2) is 0 Å². The average Bonchev–Trinajstić information content (AvgIpc) is 2.79. The number of rotatable bonds is 4. The highest BCUT2D eigenvalue weighted by Crippen LogP contribution is 2.36. The van der Waals surface area contributed by atoms with E-state index in [2.05, 4.69) is 16.0 Å². The fourth-order valence-electron chi connectivity index (χ4n) is 5.08. The van der Waals surface area contributed by atoms with Gasteiger partial charge in [-0.15, -0.1) is 0 Å². The van der Waals surface area contributed by atoms with Crippen LogP contribution in [0.1, 0.15) is 24.5 Å². The number of aromatic nitrogens is 2. The maximum absolute atomic E-state index is 12.9. The molecule has 0 unspecified atom stereocenters. The number of amides is 1. The monoisotopic (exact) mass is 408 g/mol. The van der Waals surface area contributed by atoms with Crippen molar-refractivity contribution in [1.82, 2.24) is 19.4 Å². The molecule has 2 bridgehead atoms. The lowest BCUT2D eigenvalue weighted by molar-refractivity contribution is -0.134. The molecule has 2 atom stereocenters. The lowest BCUT2D eigenvalue weighted by Gasteiger charge is -2.43. The number of carbonyl (C=O) groups is 1. The summed E-state index contributed by atoms with van der Waals surface area (Å²) in [4.78, 5) is 34.5. The van der Waals surface area contributed by atoms with E-state index in [-0.39, 0.29) is 17.4 Å². The van der Waals surface area contributed by atoms with Crippen molar-refractivity contribution < 1.29 is 9.53 Å². The molecule has 1 amide bonds. The molecule has 0 radical (unpaired) electrons. The molecule has 3 aliphatic heterocycles. The molecule has 2 aromatic rings. The molecule has 2 aromatic heterocycles. The number of likely N-dealkylation sites (tertiary alicyclic amines) is 1. The first-order valence-corrected chi connectivity index (χ1v) is 10.9. The second-order valence-corrected chi connectivity index (χ2v) is 8.63. The highest BCUT2D eigenvalue weighted by Gasteiger charge is 2.36. The van der Waals surface area contributed by atoms with E-state index in [4.69, 9.17) is 4.74 Å². The predicted molar refractivity (Wildman–Crippen MR) is 113 cm³/mol. The van der Waals surface area contributed by atoms with Crippen molar-refractivity contribution in [3.05, 3.63) is 52.6 Å². The van der Waals surface area contributed by atoms with E-state index in [0.717, 1.165) is 62.8 Å². The standard InChI is InChI=1S/C23H28N4O3/c28-22(4-6-25-7-9-30-10-8-25)26-14-17-11-19(16-26)21-12-18(13-23(29)27(21)15-17)20-3-1-2-5-24-20/h1-3,5,12-13,17,19H,4,6-11,14-16H2/t17-,19+/m0/s1. The van der Waals surface area contributed by atoms with Crippen molar-refractivity contribution in [1.29, 1.82) is 0 Å². The van der Waals surface area contributed by atoms with Crippen LogP contribution in [0.2, 0.25) is 0 Å². The lowest BCUT2D eigenvalue weighted by Crippen LogP contribution is -2.49. The molecule has 5 heterocycles. The van der Waals surface area contributed by atoms with Crippen molar-refractivity contribution in [3.63, 3.8) is 0 Å². The van der Waals surface area contributed by atoms with E-state index in [9.17, 15) is 9.59 Å². The Morgan fingerprint density at radius 1 is 1.13 bits per heavy atom. The second-order valence-electron chi connectivity index (χ2n) is 8.63. The molecule has 0 saturated carbocycles. The van der Waals surface area contributed by atoms with Crippen molar-refractivity contribution in [2.45, 2.75) is 25.3 Å². The summed E-state index contributed by atoms with van der Waals surface area (Å²) >= 11 is 0. The van der Waals surface area contributed by atoms with Crippen LogP contribution >= 0.6 is 0 Å². The highest BCUT2D eigenvalue weighted by atomic mass is 16.5. The first kappa shape index (κ1) is 19.5. The van der Waals surface area contributed by atoms with Crippen molar-refractivity contribution in [2.24, 2.45) is 5.92 Å². The summed E-state index contributed by atoms with van der Waals surface area (Å²) < 4.78 is 7.31. The maximum Gasteiger partial charge on any atom is 0.251 e. The van der Waals surface area contributed by atoms with Crippen LogP contribution in [0.3, 0.4) is 0 Å². The van der Waals surface area contributed by atoms with Crippen molar-refractivity contribution in [2.75, 3.05) is 45.9 Å². The fraction of sp³-hybridized carbons (Fsp3) is 0.522. The zero-order chi connectivity index (χ0) is 20.5.